The summed E-state index contributed by atoms with van der Waals surface area (Å²) in [5.74, 6) is 0.619. The van der Waals surface area contributed by atoms with Gasteiger partial charge in [0.2, 0.25) is 0 Å². The summed E-state index contributed by atoms with van der Waals surface area (Å²) in [5.41, 5.74) is 2.37. The van der Waals surface area contributed by atoms with Crippen molar-refractivity contribution in [3.05, 3.63) is 52.5 Å². The Morgan fingerprint density at radius 2 is 1.80 bits per heavy atom. The molecular formula is C15H15BrN2O2. The van der Waals surface area contributed by atoms with Crippen molar-refractivity contribution in [1.29, 1.82) is 0 Å². The van der Waals surface area contributed by atoms with Crippen LogP contribution in [-0.4, -0.2) is 13.1 Å². The molecule has 0 bridgehead atoms. The first-order chi connectivity index (χ1) is 9.60. The van der Waals surface area contributed by atoms with Crippen LogP contribution < -0.4 is 15.4 Å². The van der Waals surface area contributed by atoms with Gasteiger partial charge in [-0.25, -0.2) is 4.79 Å². The summed E-state index contributed by atoms with van der Waals surface area (Å²) < 4.78 is 6.10. The minimum atomic E-state index is -0.310. The lowest BCUT2D eigenvalue weighted by Gasteiger charge is -2.12. The summed E-state index contributed by atoms with van der Waals surface area (Å²) in [6, 6.07) is 12.7. The molecule has 0 saturated heterocycles. The fraction of sp³-hybridized carbons (Fsp3) is 0.133. The van der Waals surface area contributed by atoms with Crippen LogP contribution in [0.3, 0.4) is 0 Å². The molecule has 2 aromatic rings. The standard InChI is InChI=1S/C15H15BrN2O2/c1-10-7-8-11(16)9-13(10)18-15(19)17-12-5-3-4-6-14(12)20-2/h3-9H,1-2H3,(H2,17,18,19). The molecule has 2 N–H and O–H groups in total. The van der Waals surface area contributed by atoms with Gasteiger partial charge in [0.05, 0.1) is 12.8 Å². The molecule has 0 aliphatic rings. The van der Waals surface area contributed by atoms with Gasteiger partial charge < -0.3 is 15.4 Å². The lowest BCUT2D eigenvalue weighted by molar-refractivity contribution is 0.262. The third-order valence-corrected chi connectivity index (χ3v) is 3.30. The van der Waals surface area contributed by atoms with E-state index in [9.17, 15) is 4.79 Å². The van der Waals surface area contributed by atoms with Crippen LogP contribution in [0.5, 0.6) is 5.75 Å². The molecule has 0 aliphatic heterocycles. The summed E-state index contributed by atoms with van der Waals surface area (Å²) in [6.45, 7) is 1.94. The number of ether oxygens (including phenoxy) is 1. The third-order valence-electron chi connectivity index (χ3n) is 2.80. The highest BCUT2D eigenvalue weighted by Crippen LogP contribution is 2.24. The van der Waals surface area contributed by atoms with Crippen LogP contribution in [0.2, 0.25) is 0 Å². The van der Waals surface area contributed by atoms with Crippen LogP contribution in [0.15, 0.2) is 46.9 Å². The first-order valence-corrected chi connectivity index (χ1v) is 6.86. The molecule has 0 fully saturated rings. The Hall–Kier alpha value is -2.01. The normalized spacial score (nSPS) is 9.95. The van der Waals surface area contributed by atoms with Crippen molar-refractivity contribution >= 4 is 33.3 Å². The highest BCUT2D eigenvalue weighted by Gasteiger charge is 2.08. The number of halogens is 1. The van der Waals surface area contributed by atoms with Gasteiger partial charge in [-0.15, -0.1) is 0 Å². The molecule has 0 saturated carbocycles. The lowest BCUT2D eigenvalue weighted by Crippen LogP contribution is -2.20. The van der Waals surface area contributed by atoms with E-state index in [0.717, 1.165) is 15.7 Å². The number of carbonyl (C=O) groups is 1. The van der Waals surface area contributed by atoms with Crippen molar-refractivity contribution in [3.63, 3.8) is 0 Å². The number of nitrogens with one attached hydrogen (secondary N) is 2. The lowest BCUT2D eigenvalue weighted by atomic mass is 10.2. The number of benzene rings is 2. The molecule has 2 rings (SSSR count). The highest BCUT2D eigenvalue weighted by atomic mass is 79.9. The van der Waals surface area contributed by atoms with Crippen molar-refractivity contribution in [2.45, 2.75) is 6.92 Å². The number of urea groups is 1. The Labute approximate surface area is 126 Å². The van der Waals surface area contributed by atoms with E-state index in [2.05, 4.69) is 26.6 Å². The summed E-state index contributed by atoms with van der Waals surface area (Å²) in [6.07, 6.45) is 0. The molecule has 20 heavy (non-hydrogen) atoms. The van der Waals surface area contributed by atoms with Crippen LogP contribution >= 0.6 is 15.9 Å². The highest BCUT2D eigenvalue weighted by molar-refractivity contribution is 9.10. The monoisotopic (exact) mass is 334 g/mol. The van der Waals surface area contributed by atoms with Crippen molar-refractivity contribution in [3.8, 4) is 5.75 Å². The Morgan fingerprint density at radius 1 is 1.10 bits per heavy atom. The second kappa shape index (κ2) is 6.43. The minimum absolute atomic E-state index is 0.310. The average molecular weight is 335 g/mol. The van der Waals surface area contributed by atoms with E-state index in [0.29, 0.717) is 11.4 Å². The van der Waals surface area contributed by atoms with Crippen LogP contribution in [0.25, 0.3) is 0 Å². The van der Waals surface area contributed by atoms with Gasteiger partial charge in [0, 0.05) is 10.2 Å². The van der Waals surface area contributed by atoms with E-state index in [1.165, 1.54) is 0 Å². The van der Waals surface area contributed by atoms with Crippen LogP contribution in [0.1, 0.15) is 5.56 Å². The average Bonchev–Trinajstić information content (AvgIpc) is 2.43. The zero-order valence-electron chi connectivity index (χ0n) is 11.2. The topological polar surface area (TPSA) is 50.4 Å². The number of para-hydroxylation sites is 2. The number of hydrogen-bond donors (Lipinski definition) is 2. The van der Waals surface area contributed by atoms with Gasteiger partial charge in [-0.2, -0.15) is 0 Å². The first-order valence-electron chi connectivity index (χ1n) is 6.07. The van der Waals surface area contributed by atoms with Crippen molar-refractivity contribution < 1.29 is 9.53 Å². The molecule has 0 atom stereocenters. The molecule has 0 heterocycles. The molecule has 5 heteroatoms. The molecule has 2 aromatic carbocycles. The smallest absolute Gasteiger partial charge is 0.323 e. The molecule has 104 valence electrons. The Kier molecular flexibility index (Phi) is 4.63. The Balaban J connectivity index is 2.11. The van der Waals surface area contributed by atoms with Crippen molar-refractivity contribution in [2.75, 3.05) is 17.7 Å². The number of aryl methyl sites for hydroxylation is 1. The predicted molar refractivity (Wildman–Crippen MR) is 84.5 cm³/mol. The van der Waals surface area contributed by atoms with E-state index >= 15 is 0 Å². The minimum Gasteiger partial charge on any atom is -0.495 e. The van der Waals surface area contributed by atoms with Gasteiger partial charge in [0.25, 0.3) is 0 Å². The summed E-state index contributed by atoms with van der Waals surface area (Å²) in [5, 5.41) is 5.58. The second-order valence-electron chi connectivity index (χ2n) is 4.24. The SMILES string of the molecule is COc1ccccc1NC(=O)Nc1cc(Br)ccc1C. The number of anilines is 2. The molecule has 4 nitrogen and oxygen atoms in total. The van der Waals surface area contributed by atoms with E-state index in [4.69, 9.17) is 4.74 Å². The maximum Gasteiger partial charge on any atom is 0.323 e. The zero-order chi connectivity index (χ0) is 14.5. The predicted octanol–water partition coefficient (Wildman–Crippen LogP) is 4.41. The fourth-order valence-electron chi connectivity index (χ4n) is 1.75. The molecule has 2 amide bonds. The van der Waals surface area contributed by atoms with Crippen molar-refractivity contribution in [1.82, 2.24) is 0 Å². The van der Waals surface area contributed by atoms with E-state index < -0.39 is 0 Å². The molecule has 0 aliphatic carbocycles. The zero-order valence-corrected chi connectivity index (χ0v) is 12.8. The summed E-state index contributed by atoms with van der Waals surface area (Å²) >= 11 is 3.38. The first kappa shape index (κ1) is 14.4. The van der Waals surface area contributed by atoms with E-state index in [1.807, 2.05) is 37.3 Å². The Morgan fingerprint density at radius 3 is 2.55 bits per heavy atom. The molecule has 0 radical (unpaired) electrons. The van der Waals surface area contributed by atoms with Gasteiger partial charge in [0.1, 0.15) is 5.75 Å². The second-order valence-corrected chi connectivity index (χ2v) is 5.15. The maximum atomic E-state index is 12.0. The largest absolute Gasteiger partial charge is 0.495 e. The van der Waals surface area contributed by atoms with Gasteiger partial charge in [-0.3, -0.25) is 0 Å². The van der Waals surface area contributed by atoms with Crippen LogP contribution in [0, 0.1) is 6.92 Å². The van der Waals surface area contributed by atoms with Gasteiger partial charge in [-0.1, -0.05) is 34.1 Å². The van der Waals surface area contributed by atoms with Gasteiger partial charge >= 0.3 is 6.03 Å². The van der Waals surface area contributed by atoms with Gasteiger partial charge in [-0.05, 0) is 36.8 Å². The van der Waals surface area contributed by atoms with Crippen LogP contribution in [0.4, 0.5) is 16.2 Å². The Bertz CT molecular complexity index is 629. The number of rotatable bonds is 3. The fourth-order valence-corrected chi connectivity index (χ4v) is 2.11. The maximum absolute atomic E-state index is 12.0. The molecular weight excluding hydrogens is 320 g/mol. The molecule has 0 aromatic heterocycles. The van der Waals surface area contributed by atoms with E-state index in [-0.39, 0.29) is 6.03 Å². The molecule has 0 spiro atoms. The number of carbonyl (C=O) groups excluding carboxylic acids is 1. The van der Waals surface area contributed by atoms with Crippen LogP contribution in [-0.2, 0) is 0 Å². The summed E-state index contributed by atoms with van der Waals surface area (Å²) in [7, 11) is 1.57. The molecule has 0 unspecified atom stereocenters. The van der Waals surface area contributed by atoms with Gasteiger partial charge in [0.15, 0.2) is 0 Å². The van der Waals surface area contributed by atoms with E-state index in [1.54, 1.807) is 19.2 Å². The number of methoxy groups -OCH3 is 1. The number of amides is 2. The summed E-state index contributed by atoms with van der Waals surface area (Å²) in [4.78, 5) is 12.0. The third kappa shape index (κ3) is 3.51. The quantitative estimate of drug-likeness (QED) is 0.873. The van der Waals surface area contributed by atoms with Crippen molar-refractivity contribution in [2.24, 2.45) is 0 Å². The number of hydrogen-bond acceptors (Lipinski definition) is 2.